The maximum Gasteiger partial charge on any atom is 0.0973 e. The summed E-state index contributed by atoms with van der Waals surface area (Å²) in [5, 5.41) is 3.61. The van der Waals surface area contributed by atoms with Crippen molar-refractivity contribution >= 4 is 49.8 Å². The first-order valence-electron chi connectivity index (χ1n) is 16.6. The first-order valence-corrected chi connectivity index (χ1v) is 16.6. The van der Waals surface area contributed by atoms with E-state index in [9.17, 15) is 0 Å². The number of aromatic nitrogens is 3. The van der Waals surface area contributed by atoms with E-state index in [1.807, 2.05) is 42.5 Å². The third-order valence-corrected chi connectivity index (χ3v) is 9.29. The largest absolute Gasteiger partial charge is 0.313 e. The van der Waals surface area contributed by atoms with Crippen molar-refractivity contribution < 1.29 is 0 Å². The highest BCUT2D eigenvalue weighted by atomic mass is 15.1. The summed E-state index contributed by atoms with van der Waals surface area (Å²) in [4.78, 5) is 12.6. The molecule has 2 heterocycles. The topological polar surface area (TPSA) is 34.0 Å². The standard InChI is InChI=1S/C45H32N4/c1-31-30-34-16-8-13-23-41(34)48(31)42-28-29-43(38-20-10-9-19-37(38)42)49(35-17-6-3-7-18-35)36-26-24-33(25-27-36)45-44(32-14-4-2-5-15-32)46-39-21-11-12-22-40(39)47-45/h2-30H,1H3. The van der Waals surface area contributed by atoms with E-state index in [0.717, 1.165) is 50.6 Å². The lowest BCUT2D eigenvalue weighted by Gasteiger charge is -2.28. The van der Waals surface area contributed by atoms with E-state index in [0.29, 0.717) is 0 Å². The maximum atomic E-state index is 5.14. The number of rotatable bonds is 6. The van der Waals surface area contributed by atoms with Gasteiger partial charge in [-0.25, -0.2) is 9.97 Å². The molecule has 9 aromatic rings. The van der Waals surface area contributed by atoms with E-state index in [1.165, 1.54) is 33.1 Å². The fourth-order valence-electron chi connectivity index (χ4n) is 7.04. The summed E-state index contributed by atoms with van der Waals surface area (Å²) >= 11 is 0. The van der Waals surface area contributed by atoms with Crippen LogP contribution in [0.4, 0.5) is 17.1 Å². The molecule has 0 saturated heterocycles. The van der Waals surface area contributed by atoms with Crippen molar-refractivity contribution in [3.8, 4) is 28.2 Å². The van der Waals surface area contributed by atoms with Gasteiger partial charge in [0.2, 0.25) is 0 Å². The molecule has 0 aliphatic carbocycles. The van der Waals surface area contributed by atoms with Gasteiger partial charge in [0.1, 0.15) is 0 Å². The molecule has 0 amide bonds. The van der Waals surface area contributed by atoms with Crippen molar-refractivity contribution in [2.45, 2.75) is 6.92 Å². The van der Waals surface area contributed by atoms with Gasteiger partial charge in [0, 0.05) is 44.4 Å². The molecule has 7 aromatic carbocycles. The molecule has 9 rings (SSSR count). The van der Waals surface area contributed by atoms with Gasteiger partial charge in [-0.05, 0) is 67.6 Å². The number of hydrogen-bond acceptors (Lipinski definition) is 3. The lowest BCUT2D eigenvalue weighted by atomic mass is 10.0. The Morgan fingerprint density at radius 1 is 0.469 bits per heavy atom. The number of aryl methyl sites for hydroxylation is 1. The van der Waals surface area contributed by atoms with Crippen molar-refractivity contribution in [1.29, 1.82) is 0 Å². The second kappa shape index (κ2) is 11.9. The van der Waals surface area contributed by atoms with Crippen LogP contribution < -0.4 is 4.90 Å². The molecule has 4 nitrogen and oxygen atoms in total. The van der Waals surface area contributed by atoms with Crippen LogP contribution in [-0.2, 0) is 0 Å². The molecular weight excluding hydrogens is 597 g/mol. The number of anilines is 3. The third-order valence-electron chi connectivity index (χ3n) is 9.29. The summed E-state index contributed by atoms with van der Waals surface area (Å²) in [5.74, 6) is 0. The minimum atomic E-state index is 0.867. The number of fused-ring (bicyclic) bond motifs is 3. The van der Waals surface area contributed by atoms with Gasteiger partial charge in [0.25, 0.3) is 0 Å². The predicted molar refractivity (Wildman–Crippen MR) is 204 cm³/mol. The molecule has 0 unspecified atom stereocenters. The van der Waals surface area contributed by atoms with Crippen LogP contribution in [0, 0.1) is 6.92 Å². The molecule has 0 N–H and O–H groups in total. The molecule has 0 fully saturated rings. The Balaban J connectivity index is 1.20. The summed E-state index contributed by atoms with van der Waals surface area (Å²) in [6, 6.07) is 61.8. The quantitative estimate of drug-likeness (QED) is 0.184. The van der Waals surface area contributed by atoms with Crippen LogP contribution in [0.3, 0.4) is 0 Å². The Labute approximate surface area is 285 Å². The molecule has 232 valence electrons. The Hall–Kier alpha value is -6.52. The lowest BCUT2D eigenvalue weighted by Crippen LogP contribution is -2.11. The third kappa shape index (κ3) is 5.02. The summed E-state index contributed by atoms with van der Waals surface area (Å²) in [5.41, 5.74) is 12.4. The first-order chi connectivity index (χ1) is 24.2. The zero-order chi connectivity index (χ0) is 32.7. The van der Waals surface area contributed by atoms with Crippen molar-refractivity contribution in [3.05, 3.63) is 182 Å². The Morgan fingerprint density at radius 3 is 1.73 bits per heavy atom. The monoisotopic (exact) mass is 628 g/mol. The molecule has 0 atom stereocenters. The van der Waals surface area contributed by atoms with E-state index < -0.39 is 0 Å². The van der Waals surface area contributed by atoms with Gasteiger partial charge in [-0.1, -0.05) is 115 Å². The Morgan fingerprint density at radius 2 is 1.02 bits per heavy atom. The molecule has 0 radical (unpaired) electrons. The number of nitrogens with zero attached hydrogens (tertiary/aromatic N) is 4. The second-order valence-corrected chi connectivity index (χ2v) is 12.3. The molecule has 0 saturated carbocycles. The van der Waals surface area contributed by atoms with Crippen LogP contribution in [0.2, 0.25) is 0 Å². The van der Waals surface area contributed by atoms with Crippen LogP contribution in [0.15, 0.2) is 176 Å². The van der Waals surface area contributed by atoms with Crippen molar-refractivity contribution in [2.75, 3.05) is 4.90 Å². The van der Waals surface area contributed by atoms with E-state index >= 15 is 0 Å². The Bertz CT molecular complexity index is 2610. The summed E-state index contributed by atoms with van der Waals surface area (Å²) in [6.45, 7) is 2.18. The van der Waals surface area contributed by atoms with Gasteiger partial charge in [-0.3, -0.25) is 0 Å². The molecule has 0 aliphatic rings. The molecular formula is C45H32N4. The zero-order valence-corrected chi connectivity index (χ0v) is 27.0. The maximum absolute atomic E-state index is 5.14. The van der Waals surface area contributed by atoms with Gasteiger partial charge in [0.15, 0.2) is 0 Å². The van der Waals surface area contributed by atoms with Gasteiger partial charge in [-0.2, -0.15) is 0 Å². The molecule has 49 heavy (non-hydrogen) atoms. The van der Waals surface area contributed by atoms with Crippen molar-refractivity contribution in [1.82, 2.24) is 14.5 Å². The van der Waals surface area contributed by atoms with Crippen LogP contribution in [0.1, 0.15) is 5.69 Å². The van der Waals surface area contributed by atoms with E-state index in [2.05, 4.69) is 150 Å². The van der Waals surface area contributed by atoms with E-state index in [1.54, 1.807) is 0 Å². The minimum Gasteiger partial charge on any atom is -0.313 e. The first kappa shape index (κ1) is 28.7. The number of para-hydroxylation sites is 4. The molecule has 0 bridgehead atoms. The smallest absolute Gasteiger partial charge is 0.0973 e. The molecule has 4 heteroatoms. The average Bonchev–Trinajstić information content (AvgIpc) is 3.51. The molecule has 0 aliphatic heterocycles. The number of benzene rings is 7. The average molecular weight is 629 g/mol. The second-order valence-electron chi connectivity index (χ2n) is 12.3. The van der Waals surface area contributed by atoms with E-state index in [-0.39, 0.29) is 0 Å². The van der Waals surface area contributed by atoms with Crippen molar-refractivity contribution in [3.63, 3.8) is 0 Å². The van der Waals surface area contributed by atoms with Crippen molar-refractivity contribution in [2.24, 2.45) is 0 Å². The highest BCUT2D eigenvalue weighted by molar-refractivity contribution is 6.04. The van der Waals surface area contributed by atoms with Gasteiger partial charge < -0.3 is 9.47 Å². The minimum absolute atomic E-state index is 0.867. The fraction of sp³-hybridized carbons (Fsp3) is 0.0222. The van der Waals surface area contributed by atoms with Gasteiger partial charge in [-0.15, -0.1) is 0 Å². The number of hydrogen-bond donors (Lipinski definition) is 0. The van der Waals surface area contributed by atoms with Crippen LogP contribution in [-0.4, -0.2) is 14.5 Å². The highest BCUT2D eigenvalue weighted by Gasteiger charge is 2.20. The summed E-state index contributed by atoms with van der Waals surface area (Å²) < 4.78 is 2.37. The normalized spacial score (nSPS) is 11.4. The SMILES string of the molecule is Cc1cc2ccccc2n1-c1ccc(N(c2ccccc2)c2ccc(-c3nc4ccccc4nc3-c3ccccc3)cc2)c2ccccc12. The van der Waals surface area contributed by atoms with Crippen LogP contribution >= 0.6 is 0 Å². The zero-order valence-electron chi connectivity index (χ0n) is 27.0. The highest BCUT2D eigenvalue weighted by Crippen LogP contribution is 2.42. The lowest BCUT2D eigenvalue weighted by molar-refractivity contribution is 1.06. The molecule has 2 aromatic heterocycles. The predicted octanol–water partition coefficient (Wildman–Crippen LogP) is 11.8. The summed E-state index contributed by atoms with van der Waals surface area (Å²) in [6.07, 6.45) is 0. The molecule has 0 spiro atoms. The summed E-state index contributed by atoms with van der Waals surface area (Å²) in [7, 11) is 0. The van der Waals surface area contributed by atoms with Gasteiger partial charge >= 0.3 is 0 Å². The Kier molecular flexibility index (Phi) is 6.98. The fourth-order valence-corrected chi connectivity index (χ4v) is 7.04. The van der Waals surface area contributed by atoms with Crippen LogP contribution in [0.5, 0.6) is 0 Å². The van der Waals surface area contributed by atoms with E-state index in [4.69, 9.17) is 9.97 Å². The van der Waals surface area contributed by atoms with Gasteiger partial charge in [0.05, 0.1) is 39.3 Å². The van der Waals surface area contributed by atoms with Crippen LogP contribution in [0.25, 0.3) is 60.9 Å².